The summed E-state index contributed by atoms with van der Waals surface area (Å²) in [5, 5.41) is 8.86. The minimum atomic E-state index is -0.631. The molecule has 1 aromatic carbocycles. The summed E-state index contributed by atoms with van der Waals surface area (Å²) in [5.41, 5.74) is 2.28. The molecule has 4 rings (SSSR count). The fourth-order valence-electron chi connectivity index (χ4n) is 4.87. The van der Waals surface area contributed by atoms with Crippen molar-refractivity contribution in [3.63, 3.8) is 0 Å². The van der Waals surface area contributed by atoms with Gasteiger partial charge in [0.15, 0.2) is 0 Å². The smallest absolute Gasteiger partial charge is 0.255 e. The second-order valence-corrected chi connectivity index (χ2v) is 8.87. The van der Waals surface area contributed by atoms with Gasteiger partial charge in [0.2, 0.25) is 17.7 Å². The molecule has 3 heterocycles. The third-order valence-corrected chi connectivity index (χ3v) is 6.75. The SMILES string of the molecule is CNC1CCCN(C(=O)[C@H](C)NCc2cccc3c2C(=O)N(C2CCC(=O)NC2=O)C3)C1. The quantitative estimate of drug-likeness (QED) is 0.542. The molecule has 0 saturated carbocycles. The van der Waals surface area contributed by atoms with E-state index in [2.05, 4.69) is 16.0 Å². The molecule has 2 fully saturated rings. The number of imide groups is 1. The number of benzene rings is 1. The van der Waals surface area contributed by atoms with Crippen LogP contribution in [0, 0.1) is 0 Å². The Morgan fingerprint density at radius 3 is 2.81 bits per heavy atom. The largest absolute Gasteiger partial charge is 0.340 e. The number of rotatable bonds is 6. The van der Waals surface area contributed by atoms with Crippen molar-refractivity contribution in [2.75, 3.05) is 20.1 Å². The van der Waals surface area contributed by atoms with Gasteiger partial charge in [0.1, 0.15) is 6.04 Å². The van der Waals surface area contributed by atoms with Gasteiger partial charge in [-0.3, -0.25) is 24.5 Å². The number of fused-ring (bicyclic) bond motifs is 1. The van der Waals surface area contributed by atoms with Crippen molar-refractivity contribution < 1.29 is 19.2 Å². The highest BCUT2D eigenvalue weighted by molar-refractivity contribution is 6.06. The van der Waals surface area contributed by atoms with E-state index >= 15 is 0 Å². The molecule has 2 unspecified atom stereocenters. The highest BCUT2D eigenvalue weighted by Gasteiger charge is 2.40. The molecular formula is C23H31N5O4. The molecule has 3 aliphatic rings. The van der Waals surface area contributed by atoms with Crippen molar-refractivity contribution in [3.8, 4) is 0 Å². The Labute approximate surface area is 187 Å². The Morgan fingerprint density at radius 1 is 1.25 bits per heavy atom. The topological polar surface area (TPSA) is 111 Å². The summed E-state index contributed by atoms with van der Waals surface area (Å²) in [7, 11) is 1.92. The Bertz CT molecular complexity index is 933. The maximum absolute atomic E-state index is 13.2. The lowest BCUT2D eigenvalue weighted by molar-refractivity contribution is -0.137. The van der Waals surface area contributed by atoms with Crippen LogP contribution >= 0.6 is 0 Å². The van der Waals surface area contributed by atoms with Crippen molar-refractivity contribution in [1.29, 1.82) is 0 Å². The molecule has 1 aromatic rings. The summed E-state index contributed by atoms with van der Waals surface area (Å²) in [6.45, 7) is 4.06. The monoisotopic (exact) mass is 441 g/mol. The highest BCUT2D eigenvalue weighted by Crippen LogP contribution is 2.29. The summed E-state index contributed by atoms with van der Waals surface area (Å²) in [5.74, 6) is -0.843. The Hall–Kier alpha value is -2.78. The number of carbonyl (C=O) groups excluding carboxylic acids is 4. The first-order valence-corrected chi connectivity index (χ1v) is 11.3. The lowest BCUT2D eigenvalue weighted by Gasteiger charge is -2.34. The average Bonchev–Trinajstić information content (AvgIpc) is 3.13. The highest BCUT2D eigenvalue weighted by atomic mass is 16.2. The molecule has 9 heteroatoms. The number of hydrogen-bond acceptors (Lipinski definition) is 6. The van der Waals surface area contributed by atoms with Crippen LogP contribution in [0.4, 0.5) is 0 Å². The number of nitrogens with one attached hydrogen (secondary N) is 3. The maximum Gasteiger partial charge on any atom is 0.255 e. The van der Waals surface area contributed by atoms with Crippen LogP contribution < -0.4 is 16.0 Å². The molecule has 0 spiro atoms. The number of hydrogen-bond donors (Lipinski definition) is 3. The van der Waals surface area contributed by atoms with Crippen LogP contribution in [-0.2, 0) is 27.5 Å². The number of piperidine rings is 2. The second kappa shape index (κ2) is 9.38. The minimum absolute atomic E-state index is 0.0639. The first kappa shape index (κ1) is 22.4. The summed E-state index contributed by atoms with van der Waals surface area (Å²) in [6, 6.07) is 4.99. The van der Waals surface area contributed by atoms with E-state index in [9.17, 15) is 19.2 Å². The normalized spacial score (nSPS) is 24.4. The Morgan fingerprint density at radius 2 is 2.06 bits per heavy atom. The number of nitrogens with zero attached hydrogens (tertiary/aromatic N) is 2. The third kappa shape index (κ3) is 4.40. The van der Waals surface area contributed by atoms with E-state index in [0.29, 0.717) is 37.7 Å². The first-order valence-electron chi connectivity index (χ1n) is 11.3. The summed E-state index contributed by atoms with van der Waals surface area (Å²) in [4.78, 5) is 53.3. The van der Waals surface area contributed by atoms with E-state index in [-0.39, 0.29) is 30.2 Å². The lowest BCUT2D eigenvalue weighted by atomic mass is 10.0. The van der Waals surface area contributed by atoms with Gasteiger partial charge < -0.3 is 20.4 Å². The molecular weight excluding hydrogens is 410 g/mol. The first-order chi connectivity index (χ1) is 15.4. The molecule has 0 aliphatic carbocycles. The van der Waals surface area contributed by atoms with Crippen LogP contribution in [0.3, 0.4) is 0 Å². The lowest BCUT2D eigenvalue weighted by Crippen LogP contribution is -2.52. The second-order valence-electron chi connectivity index (χ2n) is 8.87. The number of likely N-dealkylation sites (N-methyl/N-ethyl adjacent to an activating group) is 1. The predicted octanol–water partition coefficient (Wildman–Crippen LogP) is 0.136. The zero-order valence-electron chi connectivity index (χ0n) is 18.6. The third-order valence-electron chi connectivity index (χ3n) is 6.75. The maximum atomic E-state index is 13.2. The van der Waals surface area contributed by atoms with Crippen LogP contribution in [-0.4, -0.2) is 71.7 Å². The molecule has 2 saturated heterocycles. The van der Waals surface area contributed by atoms with Gasteiger partial charge in [-0.2, -0.15) is 0 Å². The van der Waals surface area contributed by atoms with Gasteiger partial charge in [-0.15, -0.1) is 0 Å². The van der Waals surface area contributed by atoms with Gasteiger partial charge in [-0.25, -0.2) is 0 Å². The Kier molecular flexibility index (Phi) is 6.57. The van der Waals surface area contributed by atoms with Gasteiger partial charge in [-0.05, 0) is 44.4 Å². The number of carbonyl (C=O) groups is 4. The molecule has 0 aromatic heterocycles. The van der Waals surface area contributed by atoms with E-state index in [1.165, 1.54) is 0 Å². The van der Waals surface area contributed by atoms with Gasteiger partial charge in [0.05, 0.1) is 6.04 Å². The van der Waals surface area contributed by atoms with Crippen LogP contribution in [0.25, 0.3) is 0 Å². The van der Waals surface area contributed by atoms with E-state index in [0.717, 1.165) is 30.5 Å². The molecule has 0 radical (unpaired) electrons. The fourth-order valence-corrected chi connectivity index (χ4v) is 4.87. The van der Waals surface area contributed by atoms with Crippen LogP contribution in [0.5, 0.6) is 0 Å². The molecule has 9 nitrogen and oxygen atoms in total. The van der Waals surface area contributed by atoms with Gasteiger partial charge in [0, 0.05) is 44.2 Å². The van der Waals surface area contributed by atoms with E-state index < -0.39 is 11.9 Å². The molecule has 4 amide bonds. The van der Waals surface area contributed by atoms with Crippen molar-refractivity contribution in [2.24, 2.45) is 0 Å². The minimum Gasteiger partial charge on any atom is -0.340 e. The van der Waals surface area contributed by atoms with Gasteiger partial charge >= 0.3 is 0 Å². The zero-order valence-corrected chi connectivity index (χ0v) is 18.6. The van der Waals surface area contributed by atoms with Crippen molar-refractivity contribution in [2.45, 2.75) is 63.8 Å². The summed E-state index contributed by atoms with van der Waals surface area (Å²) >= 11 is 0. The van der Waals surface area contributed by atoms with E-state index in [4.69, 9.17) is 0 Å². The van der Waals surface area contributed by atoms with Gasteiger partial charge in [-0.1, -0.05) is 18.2 Å². The number of likely N-dealkylation sites (tertiary alicyclic amines) is 1. The van der Waals surface area contributed by atoms with Crippen molar-refractivity contribution in [1.82, 2.24) is 25.8 Å². The van der Waals surface area contributed by atoms with Crippen molar-refractivity contribution in [3.05, 3.63) is 34.9 Å². The predicted molar refractivity (Wildman–Crippen MR) is 117 cm³/mol. The van der Waals surface area contributed by atoms with Gasteiger partial charge in [0.25, 0.3) is 5.91 Å². The Balaban J connectivity index is 1.41. The van der Waals surface area contributed by atoms with Crippen LogP contribution in [0.15, 0.2) is 18.2 Å². The summed E-state index contributed by atoms with van der Waals surface area (Å²) < 4.78 is 0. The van der Waals surface area contributed by atoms with E-state index in [1.807, 2.05) is 37.1 Å². The summed E-state index contributed by atoms with van der Waals surface area (Å²) in [6.07, 6.45) is 2.63. The molecule has 172 valence electrons. The standard InChI is InChI=1S/C23H31N5O4/c1-14(22(31)27-10-4-7-17(13-27)24-2)25-11-15-5-3-6-16-12-28(23(32)20(15)16)18-8-9-19(29)26-21(18)30/h3,5-6,14,17-18,24-25H,4,7-13H2,1-2H3,(H,26,29,30)/t14-,17?,18?/m0/s1. The van der Waals surface area contributed by atoms with Crippen LogP contribution in [0.1, 0.15) is 54.1 Å². The zero-order chi connectivity index (χ0) is 22.8. The molecule has 0 bridgehead atoms. The number of amides is 4. The van der Waals surface area contributed by atoms with E-state index in [1.54, 1.807) is 4.90 Å². The molecule has 3 atom stereocenters. The molecule has 32 heavy (non-hydrogen) atoms. The molecule has 3 aliphatic heterocycles. The van der Waals surface area contributed by atoms with Crippen molar-refractivity contribution >= 4 is 23.6 Å². The van der Waals surface area contributed by atoms with Crippen LogP contribution in [0.2, 0.25) is 0 Å². The molecule has 3 N–H and O–H groups in total. The fraction of sp³-hybridized carbons (Fsp3) is 0.565. The average molecular weight is 442 g/mol.